The summed E-state index contributed by atoms with van der Waals surface area (Å²) in [7, 11) is 0. The molecule has 0 saturated heterocycles. The first-order chi connectivity index (χ1) is 16.8. The van der Waals surface area contributed by atoms with Crippen molar-refractivity contribution in [3.63, 3.8) is 0 Å². The largest absolute Gasteiger partial charge is 0.322 e. The summed E-state index contributed by atoms with van der Waals surface area (Å²) in [5.74, 6) is -1.04. The van der Waals surface area contributed by atoms with Crippen molar-refractivity contribution in [2.45, 2.75) is 26.8 Å². The predicted octanol–water partition coefficient (Wildman–Crippen LogP) is 6.04. The molecule has 0 unspecified atom stereocenters. The molecule has 1 N–H and O–H groups in total. The maximum Gasteiger partial charge on any atom is 0.261 e. The highest BCUT2D eigenvalue weighted by molar-refractivity contribution is 7.15. The van der Waals surface area contributed by atoms with E-state index in [9.17, 15) is 14.4 Å². The zero-order valence-electron chi connectivity index (χ0n) is 19.5. The fourth-order valence-corrected chi connectivity index (χ4v) is 5.09. The van der Waals surface area contributed by atoms with Gasteiger partial charge in [0.15, 0.2) is 0 Å². The van der Waals surface area contributed by atoms with Crippen LogP contribution < -0.4 is 5.32 Å². The van der Waals surface area contributed by atoms with E-state index in [4.69, 9.17) is 4.98 Å². The molecule has 1 aliphatic heterocycles. The molecule has 5 rings (SSSR count). The van der Waals surface area contributed by atoms with Gasteiger partial charge in [0.2, 0.25) is 0 Å². The van der Waals surface area contributed by atoms with Crippen LogP contribution in [-0.4, -0.2) is 33.6 Å². The summed E-state index contributed by atoms with van der Waals surface area (Å²) in [6.45, 7) is 5.62. The second-order valence-corrected chi connectivity index (χ2v) is 9.86. The monoisotopic (exact) mass is 481 g/mol. The summed E-state index contributed by atoms with van der Waals surface area (Å²) in [6.07, 6.45) is 0. The van der Waals surface area contributed by atoms with E-state index < -0.39 is 0 Å². The van der Waals surface area contributed by atoms with Crippen molar-refractivity contribution in [2.75, 3.05) is 5.32 Å². The highest BCUT2D eigenvalue weighted by atomic mass is 32.1. The second-order valence-electron chi connectivity index (χ2n) is 8.66. The number of hydrogen-bond acceptors (Lipinski definition) is 5. The lowest BCUT2D eigenvalue weighted by Gasteiger charge is -2.17. The third kappa shape index (κ3) is 4.15. The second kappa shape index (κ2) is 8.92. The summed E-state index contributed by atoms with van der Waals surface area (Å²) in [4.78, 5) is 45.1. The lowest BCUT2D eigenvalue weighted by atomic mass is 10.1. The Hall–Kier alpha value is -4.10. The molecule has 3 aromatic carbocycles. The number of fused-ring (bicyclic) bond motifs is 1. The van der Waals surface area contributed by atoms with Crippen molar-refractivity contribution >= 4 is 34.7 Å². The normalized spacial score (nSPS) is 12.9. The van der Waals surface area contributed by atoms with Crippen LogP contribution >= 0.6 is 11.3 Å². The average Bonchev–Trinajstić information content (AvgIpc) is 3.37. The fraction of sp³-hybridized carbons (Fsp3) is 0.143. The van der Waals surface area contributed by atoms with Crippen molar-refractivity contribution in [1.82, 2.24) is 9.88 Å². The quantitative estimate of drug-likeness (QED) is 0.352. The van der Waals surface area contributed by atoms with Crippen molar-refractivity contribution in [3.8, 4) is 21.8 Å². The van der Waals surface area contributed by atoms with Gasteiger partial charge in [-0.05, 0) is 51.1 Å². The van der Waals surface area contributed by atoms with Gasteiger partial charge in [0.05, 0.1) is 16.8 Å². The van der Waals surface area contributed by atoms with E-state index in [-0.39, 0.29) is 29.3 Å². The Balaban J connectivity index is 1.33. The van der Waals surface area contributed by atoms with Crippen LogP contribution in [0.2, 0.25) is 0 Å². The number of thiazole rings is 1. The molecule has 7 heteroatoms. The Morgan fingerprint density at radius 2 is 1.57 bits per heavy atom. The number of carbonyl (C=O) groups is 3. The number of aryl methyl sites for hydroxylation is 1. The zero-order valence-corrected chi connectivity index (χ0v) is 20.3. The number of aromatic nitrogens is 1. The molecule has 0 fully saturated rings. The van der Waals surface area contributed by atoms with Crippen LogP contribution in [0, 0.1) is 6.92 Å². The number of anilines is 1. The predicted molar refractivity (Wildman–Crippen MR) is 138 cm³/mol. The number of amides is 3. The number of imide groups is 1. The minimum atomic E-state index is -0.368. The molecule has 0 spiro atoms. The summed E-state index contributed by atoms with van der Waals surface area (Å²) < 4.78 is 0. The van der Waals surface area contributed by atoms with Gasteiger partial charge in [-0.15, -0.1) is 11.3 Å². The van der Waals surface area contributed by atoms with Gasteiger partial charge in [-0.3, -0.25) is 19.3 Å². The maximum absolute atomic E-state index is 12.9. The van der Waals surface area contributed by atoms with E-state index in [0.717, 1.165) is 26.7 Å². The molecule has 3 amide bonds. The lowest BCUT2D eigenvalue weighted by molar-refractivity contribution is 0.0609. The van der Waals surface area contributed by atoms with Crippen LogP contribution in [0.1, 0.15) is 49.8 Å². The number of carbonyl (C=O) groups excluding carboxylic acids is 3. The molecule has 1 aliphatic rings. The maximum atomic E-state index is 12.9. The van der Waals surface area contributed by atoms with E-state index in [1.807, 2.05) is 54.6 Å². The Morgan fingerprint density at radius 3 is 2.26 bits per heavy atom. The summed E-state index contributed by atoms with van der Waals surface area (Å²) in [6, 6.07) is 22.0. The molecule has 0 aliphatic carbocycles. The summed E-state index contributed by atoms with van der Waals surface area (Å²) >= 11 is 1.65. The fourth-order valence-electron chi connectivity index (χ4n) is 4.15. The Kier molecular flexibility index (Phi) is 5.78. The standard InChI is InChI=1S/C28H23N3O3S/c1-16(2)31-27(33)22-14-11-20(15-23(22)28(31)34)25(32)29-21-12-9-18(10-13-21)24-17(3)35-26(30-24)19-7-5-4-6-8-19/h4-16H,1-3H3,(H,29,32). The molecule has 6 nitrogen and oxygen atoms in total. The number of benzene rings is 3. The topological polar surface area (TPSA) is 79.4 Å². The van der Waals surface area contributed by atoms with Gasteiger partial charge in [-0.1, -0.05) is 42.5 Å². The first-order valence-electron chi connectivity index (χ1n) is 11.3. The summed E-state index contributed by atoms with van der Waals surface area (Å²) in [5.41, 5.74) is 4.52. The third-order valence-electron chi connectivity index (χ3n) is 5.93. The minimum absolute atomic E-state index is 0.247. The van der Waals surface area contributed by atoms with Gasteiger partial charge in [0.1, 0.15) is 5.01 Å². The molecular formula is C28H23N3O3S. The molecular weight excluding hydrogens is 458 g/mol. The van der Waals surface area contributed by atoms with Crippen molar-refractivity contribution in [1.29, 1.82) is 0 Å². The van der Waals surface area contributed by atoms with Gasteiger partial charge in [-0.2, -0.15) is 0 Å². The number of hydrogen-bond donors (Lipinski definition) is 1. The van der Waals surface area contributed by atoms with Crippen LogP contribution in [-0.2, 0) is 0 Å². The molecule has 0 atom stereocenters. The highest BCUT2D eigenvalue weighted by Crippen LogP contribution is 2.33. The van der Waals surface area contributed by atoms with Gasteiger partial charge in [-0.25, -0.2) is 4.98 Å². The molecule has 0 bridgehead atoms. The Morgan fingerprint density at radius 1 is 0.886 bits per heavy atom. The van der Waals surface area contributed by atoms with Crippen molar-refractivity contribution in [2.24, 2.45) is 0 Å². The van der Waals surface area contributed by atoms with Crippen molar-refractivity contribution in [3.05, 3.63) is 94.4 Å². The van der Waals surface area contributed by atoms with Gasteiger partial charge in [0.25, 0.3) is 17.7 Å². The average molecular weight is 482 g/mol. The van der Waals surface area contributed by atoms with Crippen LogP contribution in [0.15, 0.2) is 72.8 Å². The van der Waals surface area contributed by atoms with Crippen LogP contribution in [0.3, 0.4) is 0 Å². The molecule has 1 aromatic heterocycles. The zero-order chi connectivity index (χ0) is 24.7. The van der Waals surface area contributed by atoms with Crippen LogP contribution in [0.25, 0.3) is 21.8 Å². The lowest BCUT2D eigenvalue weighted by Crippen LogP contribution is -2.35. The van der Waals surface area contributed by atoms with E-state index in [2.05, 4.69) is 12.2 Å². The Labute approximate surface area is 207 Å². The van der Waals surface area contributed by atoms with E-state index in [1.165, 1.54) is 11.0 Å². The molecule has 0 radical (unpaired) electrons. The third-order valence-corrected chi connectivity index (χ3v) is 6.95. The van der Waals surface area contributed by atoms with Crippen LogP contribution in [0.5, 0.6) is 0 Å². The summed E-state index contributed by atoms with van der Waals surface area (Å²) in [5, 5.41) is 3.84. The molecule has 0 saturated carbocycles. The van der Waals surface area contributed by atoms with Gasteiger partial charge >= 0.3 is 0 Å². The molecule has 174 valence electrons. The van der Waals surface area contributed by atoms with E-state index >= 15 is 0 Å². The van der Waals surface area contributed by atoms with E-state index in [1.54, 1.807) is 37.3 Å². The molecule has 4 aromatic rings. The minimum Gasteiger partial charge on any atom is -0.322 e. The molecule has 2 heterocycles. The number of rotatable bonds is 5. The first kappa shape index (κ1) is 22.7. The number of nitrogens with one attached hydrogen (secondary N) is 1. The van der Waals surface area contributed by atoms with Gasteiger partial charge in [0, 0.05) is 33.3 Å². The van der Waals surface area contributed by atoms with Crippen molar-refractivity contribution < 1.29 is 14.4 Å². The number of nitrogens with zero attached hydrogens (tertiary/aromatic N) is 2. The van der Waals surface area contributed by atoms with Gasteiger partial charge < -0.3 is 5.32 Å². The Bertz CT molecular complexity index is 1460. The SMILES string of the molecule is Cc1sc(-c2ccccc2)nc1-c1ccc(NC(=O)c2ccc3c(c2)C(=O)N(C(C)C)C3=O)cc1. The highest BCUT2D eigenvalue weighted by Gasteiger charge is 2.37. The first-order valence-corrected chi connectivity index (χ1v) is 12.1. The smallest absolute Gasteiger partial charge is 0.261 e. The van der Waals surface area contributed by atoms with E-state index in [0.29, 0.717) is 16.8 Å². The van der Waals surface area contributed by atoms with Crippen LogP contribution in [0.4, 0.5) is 5.69 Å². The molecule has 35 heavy (non-hydrogen) atoms.